The minimum Gasteiger partial charge on any atom is -0.486 e. The van der Waals surface area contributed by atoms with Crippen molar-refractivity contribution in [2.24, 2.45) is 0 Å². The van der Waals surface area contributed by atoms with Gasteiger partial charge in [0, 0.05) is 25.6 Å². The molecule has 1 heterocycles. The summed E-state index contributed by atoms with van der Waals surface area (Å²) in [7, 11) is -4.22. The van der Waals surface area contributed by atoms with E-state index in [1.165, 1.54) is 17.0 Å². The highest BCUT2D eigenvalue weighted by molar-refractivity contribution is 7.92. The van der Waals surface area contributed by atoms with Crippen LogP contribution in [0.25, 0.3) is 0 Å². The number of aryl methyl sites for hydroxylation is 1. The van der Waals surface area contributed by atoms with Crippen LogP contribution in [0.1, 0.15) is 30.0 Å². The second kappa shape index (κ2) is 15.0. The topological polar surface area (TPSA) is 105 Å². The Kier molecular flexibility index (Phi) is 10.6. The summed E-state index contributed by atoms with van der Waals surface area (Å²) < 4.78 is 40.9. The van der Waals surface area contributed by atoms with Crippen molar-refractivity contribution in [3.63, 3.8) is 0 Å². The van der Waals surface area contributed by atoms with E-state index in [1.807, 2.05) is 68.4 Å². The summed E-state index contributed by atoms with van der Waals surface area (Å²) in [5.41, 5.74) is 2.95. The first-order valence-corrected chi connectivity index (χ1v) is 16.8. The van der Waals surface area contributed by atoms with Crippen LogP contribution in [-0.2, 0) is 32.6 Å². The Morgan fingerprint density at radius 2 is 1.50 bits per heavy atom. The number of carbonyl (C=O) groups excluding carboxylic acids is 2. The monoisotopic (exact) mass is 641 g/mol. The largest absolute Gasteiger partial charge is 0.486 e. The highest BCUT2D eigenvalue weighted by atomic mass is 32.2. The van der Waals surface area contributed by atoms with E-state index in [1.54, 1.807) is 36.4 Å². The zero-order chi connectivity index (χ0) is 32.5. The third-order valence-electron chi connectivity index (χ3n) is 7.68. The van der Waals surface area contributed by atoms with Gasteiger partial charge in [0.05, 0.1) is 10.6 Å². The first-order chi connectivity index (χ1) is 22.3. The van der Waals surface area contributed by atoms with Crippen LogP contribution in [0.2, 0.25) is 0 Å². The van der Waals surface area contributed by atoms with E-state index < -0.39 is 28.5 Å². The van der Waals surface area contributed by atoms with Gasteiger partial charge in [-0.3, -0.25) is 13.9 Å². The van der Waals surface area contributed by atoms with Gasteiger partial charge in [-0.05, 0) is 48.7 Å². The summed E-state index contributed by atoms with van der Waals surface area (Å²) in [6, 6.07) is 29.1. The molecule has 0 spiro atoms. The maximum absolute atomic E-state index is 14.6. The summed E-state index contributed by atoms with van der Waals surface area (Å²) in [5, 5.41) is 2.97. The first kappa shape index (κ1) is 32.6. The Morgan fingerprint density at radius 3 is 2.20 bits per heavy atom. The third kappa shape index (κ3) is 7.87. The van der Waals surface area contributed by atoms with Crippen molar-refractivity contribution in [2.45, 2.75) is 44.2 Å². The SMILES string of the molecule is CCCNC(=O)C(Cc1ccccc1)N(Cc1cccc(C)c1)C(=O)CN(c1ccc2c(c1)OCCO2)S(=O)(=O)c1ccccc1. The molecule has 1 aliphatic rings. The van der Waals surface area contributed by atoms with E-state index >= 15 is 0 Å². The molecule has 1 N–H and O–H groups in total. The van der Waals surface area contributed by atoms with E-state index in [4.69, 9.17) is 9.47 Å². The van der Waals surface area contributed by atoms with Crippen LogP contribution >= 0.6 is 0 Å². The number of nitrogens with zero attached hydrogens (tertiary/aromatic N) is 2. The van der Waals surface area contributed by atoms with E-state index in [0.717, 1.165) is 27.4 Å². The van der Waals surface area contributed by atoms with Gasteiger partial charge in [0.15, 0.2) is 11.5 Å². The quantitative estimate of drug-likeness (QED) is 0.217. The van der Waals surface area contributed by atoms with Crippen molar-refractivity contribution in [2.75, 3.05) is 30.6 Å². The van der Waals surface area contributed by atoms with Crippen molar-refractivity contribution in [1.82, 2.24) is 10.2 Å². The summed E-state index contributed by atoms with van der Waals surface area (Å²) in [6.45, 7) is 4.63. The molecule has 0 bridgehead atoms. The van der Waals surface area contributed by atoms with Gasteiger partial charge in [-0.1, -0.05) is 85.3 Å². The standard InChI is InChI=1S/C36H39N3O6S/c1-3-19-37-36(41)32(23-28-12-6-4-7-13-28)38(25-29-14-10-11-27(2)22-29)35(40)26-39(46(42,43)31-15-8-5-9-16-31)30-17-18-33-34(24-30)45-21-20-44-33/h4-18,22,24,32H,3,19-21,23,25-26H2,1-2H3,(H,37,41). The minimum absolute atomic E-state index is 0.0319. The van der Waals surface area contributed by atoms with Gasteiger partial charge in [0.25, 0.3) is 10.0 Å². The molecular formula is C36H39N3O6S. The summed E-state index contributed by atoms with van der Waals surface area (Å²) >= 11 is 0. The van der Waals surface area contributed by atoms with E-state index in [0.29, 0.717) is 31.3 Å². The number of hydrogen-bond acceptors (Lipinski definition) is 6. The molecule has 4 aromatic carbocycles. The maximum atomic E-state index is 14.6. The van der Waals surface area contributed by atoms with E-state index in [2.05, 4.69) is 5.32 Å². The van der Waals surface area contributed by atoms with Crippen LogP contribution < -0.4 is 19.1 Å². The van der Waals surface area contributed by atoms with Gasteiger partial charge in [-0.15, -0.1) is 0 Å². The van der Waals surface area contributed by atoms with Crippen LogP contribution in [0.15, 0.2) is 108 Å². The van der Waals surface area contributed by atoms with Crippen LogP contribution in [-0.4, -0.2) is 57.5 Å². The van der Waals surface area contributed by atoms with Crippen LogP contribution in [0.3, 0.4) is 0 Å². The molecule has 46 heavy (non-hydrogen) atoms. The lowest BCUT2D eigenvalue weighted by Crippen LogP contribution is -2.53. The number of fused-ring (bicyclic) bond motifs is 1. The molecular weight excluding hydrogens is 602 g/mol. The number of rotatable bonds is 13. The lowest BCUT2D eigenvalue weighted by molar-refractivity contribution is -0.140. The molecule has 240 valence electrons. The molecule has 1 aliphatic heterocycles. The van der Waals surface area contributed by atoms with Crippen molar-refractivity contribution in [3.8, 4) is 11.5 Å². The fourth-order valence-electron chi connectivity index (χ4n) is 5.36. The van der Waals surface area contributed by atoms with E-state index in [-0.39, 0.29) is 29.5 Å². The molecule has 4 aromatic rings. The Bertz CT molecular complexity index is 1750. The molecule has 0 saturated carbocycles. The highest BCUT2D eigenvalue weighted by Gasteiger charge is 2.35. The predicted octanol–water partition coefficient (Wildman–Crippen LogP) is 5.13. The second-order valence-electron chi connectivity index (χ2n) is 11.2. The summed E-state index contributed by atoms with van der Waals surface area (Å²) in [4.78, 5) is 29.9. The van der Waals surface area contributed by atoms with Gasteiger partial charge < -0.3 is 19.7 Å². The number of sulfonamides is 1. The highest BCUT2D eigenvalue weighted by Crippen LogP contribution is 2.36. The summed E-state index contributed by atoms with van der Waals surface area (Å²) in [6.07, 6.45) is 0.978. The maximum Gasteiger partial charge on any atom is 0.264 e. The normalized spacial score (nSPS) is 13.0. The van der Waals surface area contributed by atoms with Crippen molar-refractivity contribution in [1.29, 1.82) is 0 Å². The van der Waals surface area contributed by atoms with Crippen LogP contribution in [0, 0.1) is 6.92 Å². The number of carbonyl (C=O) groups is 2. The molecule has 10 heteroatoms. The molecule has 0 aromatic heterocycles. The first-order valence-electron chi connectivity index (χ1n) is 15.4. The van der Waals surface area contributed by atoms with Gasteiger partial charge in [0.1, 0.15) is 25.8 Å². The Morgan fingerprint density at radius 1 is 0.826 bits per heavy atom. The molecule has 1 unspecified atom stereocenters. The van der Waals surface area contributed by atoms with Crippen molar-refractivity contribution in [3.05, 3.63) is 120 Å². The predicted molar refractivity (Wildman–Crippen MR) is 177 cm³/mol. The Balaban J connectivity index is 1.58. The lowest BCUT2D eigenvalue weighted by atomic mass is 10.0. The number of amides is 2. The minimum atomic E-state index is -4.22. The van der Waals surface area contributed by atoms with Crippen LogP contribution in [0.5, 0.6) is 11.5 Å². The van der Waals surface area contributed by atoms with Gasteiger partial charge in [-0.2, -0.15) is 0 Å². The third-order valence-corrected chi connectivity index (χ3v) is 9.47. The second-order valence-corrected chi connectivity index (χ2v) is 13.0. The molecule has 9 nitrogen and oxygen atoms in total. The number of ether oxygens (including phenoxy) is 2. The molecule has 0 radical (unpaired) electrons. The number of benzene rings is 4. The van der Waals surface area contributed by atoms with Gasteiger partial charge >= 0.3 is 0 Å². The Labute approximate surface area is 270 Å². The van der Waals surface area contributed by atoms with Gasteiger partial charge in [-0.25, -0.2) is 8.42 Å². The number of hydrogen-bond donors (Lipinski definition) is 1. The average Bonchev–Trinajstić information content (AvgIpc) is 3.08. The molecule has 5 rings (SSSR count). The zero-order valence-corrected chi connectivity index (χ0v) is 26.9. The molecule has 0 saturated heterocycles. The fraction of sp³-hybridized carbons (Fsp3) is 0.278. The molecule has 0 fully saturated rings. The lowest BCUT2D eigenvalue weighted by Gasteiger charge is -2.34. The summed E-state index contributed by atoms with van der Waals surface area (Å²) in [5.74, 6) is 0.0592. The fourth-order valence-corrected chi connectivity index (χ4v) is 6.79. The molecule has 2 amide bonds. The average molecular weight is 642 g/mol. The molecule has 0 aliphatic carbocycles. The zero-order valence-electron chi connectivity index (χ0n) is 26.1. The van der Waals surface area contributed by atoms with Crippen molar-refractivity contribution >= 4 is 27.5 Å². The van der Waals surface area contributed by atoms with E-state index in [9.17, 15) is 18.0 Å². The van der Waals surface area contributed by atoms with Crippen molar-refractivity contribution < 1.29 is 27.5 Å². The number of nitrogens with one attached hydrogen (secondary N) is 1. The number of anilines is 1. The van der Waals surface area contributed by atoms with Gasteiger partial charge in [0.2, 0.25) is 11.8 Å². The Hall–Kier alpha value is -4.83. The molecule has 1 atom stereocenters. The van der Waals surface area contributed by atoms with Crippen LogP contribution in [0.4, 0.5) is 5.69 Å². The smallest absolute Gasteiger partial charge is 0.264 e.